The average Bonchev–Trinajstić information content (AvgIpc) is 2.67. The lowest BCUT2D eigenvalue weighted by Crippen LogP contribution is -2.53. The smallest absolute Gasteiger partial charge is 0.317 e. The predicted octanol–water partition coefficient (Wildman–Crippen LogP) is 2.06. The molecule has 0 aromatic heterocycles. The molecule has 2 fully saturated rings. The number of hydrogen-bond donors (Lipinski definition) is 1. The summed E-state index contributed by atoms with van der Waals surface area (Å²) in [5.74, 6) is 0. The Kier molecular flexibility index (Phi) is 5.29. The molecule has 0 unspecified atom stereocenters. The molecule has 1 heterocycles. The first-order valence-electron chi connectivity index (χ1n) is 7.57. The molecule has 1 saturated heterocycles. The Hall–Kier alpha value is -0.770. The lowest BCUT2D eigenvalue weighted by Gasteiger charge is -2.34. The van der Waals surface area contributed by atoms with E-state index in [4.69, 9.17) is 0 Å². The summed E-state index contributed by atoms with van der Waals surface area (Å²) in [6.07, 6.45) is 7.55. The highest BCUT2D eigenvalue weighted by atomic mass is 16.2. The van der Waals surface area contributed by atoms with Gasteiger partial charge in [0.05, 0.1) is 0 Å². The lowest BCUT2D eigenvalue weighted by atomic mass is 10.1. The van der Waals surface area contributed by atoms with Gasteiger partial charge in [-0.3, -0.25) is 0 Å². The maximum atomic E-state index is 12.2. The largest absolute Gasteiger partial charge is 0.335 e. The number of likely N-dealkylation sites (N-methyl/N-ethyl adjacent to an activating group) is 1. The molecule has 0 aromatic carbocycles. The van der Waals surface area contributed by atoms with E-state index in [0.29, 0.717) is 6.04 Å². The van der Waals surface area contributed by atoms with Gasteiger partial charge in [0.15, 0.2) is 0 Å². The first kappa shape index (κ1) is 13.7. The van der Waals surface area contributed by atoms with Crippen molar-refractivity contribution in [3.63, 3.8) is 0 Å². The van der Waals surface area contributed by atoms with E-state index >= 15 is 0 Å². The molecular formula is C14H27N3O. The number of nitrogens with zero attached hydrogens (tertiary/aromatic N) is 2. The second-order valence-electron chi connectivity index (χ2n) is 5.56. The van der Waals surface area contributed by atoms with Gasteiger partial charge in [0, 0.05) is 32.2 Å². The third kappa shape index (κ3) is 3.87. The van der Waals surface area contributed by atoms with Crippen LogP contribution in [0.1, 0.15) is 45.4 Å². The summed E-state index contributed by atoms with van der Waals surface area (Å²) in [4.78, 5) is 16.6. The Morgan fingerprint density at radius 2 is 1.67 bits per heavy atom. The van der Waals surface area contributed by atoms with Crippen molar-refractivity contribution in [1.29, 1.82) is 0 Å². The summed E-state index contributed by atoms with van der Waals surface area (Å²) >= 11 is 0. The summed E-state index contributed by atoms with van der Waals surface area (Å²) in [7, 11) is 0. The second-order valence-corrected chi connectivity index (χ2v) is 5.56. The zero-order valence-electron chi connectivity index (χ0n) is 11.7. The van der Waals surface area contributed by atoms with Crippen LogP contribution >= 0.6 is 0 Å². The van der Waals surface area contributed by atoms with E-state index in [1.807, 2.05) is 4.90 Å². The fourth-order valence-corrected chi connectivity index (χ4v) is 2.96. The van der Waals surface area contributed by atoms with Gasteiger partial charge >= 0.3 is 6.03 Å². The van der Waals surface area contributed by atoms with Crippen molar-refractivity contribution in [2.75, 3.05) is 32.7 Å². The van der Waals surface area contributed by atoms with Crippen LogP contribution in [0.15, 0.2) is 0 Å². The van der Waals surface area contributed by atoms with Crippen molar-refractivity contribution in [2.45, 2.75) is 51.5 Å². The van der Waals surface area contributed by atoms with Gasteiger partial charge in [-0.25, -0.2) is 4.79 Å². The highest BCUT2D eigenvalue weighted by molar-refractivity contribution is 5.74. The van der Waals surface area contributed by atoms with Gasteiger partial charge in [-0.1, -0.05) is 32.6 Å². The number of amides is 2. The normalized spacial score (nSPS) is 23.7. The van der Waals surface area contributed by atoms with Gasteiger partial charge in [0.2, 0.25) is 0 Å². The minimum absolute atomic E-state index is 0.164. The maximum Gasteiger partial charge on any atom is 0.317 e. The van der Waals surface area contributed by atoms with Gasteiger partial charge in [-0.15, -0.1) is 0 Å². The van der Waals surface area contributed by atoms with Crippen molar-refractivity contribution in [3.8, 4) is 0 Å². The molecule has 0 aromatic rings. The van der Waals surface area contributed by atoms with Crippen molar-refractivity contribution in [1.82, 2.24) is 15.1 Å². The maximum absolute atomic E-state index is 12.2. The van der Waals surface area contributed by atoms with Crippen LogP contribution < -0.4 is 5.32 Å². The van der Waals surface area contributed by atoms with Crippen LogP contribution in [0, 0.1) is 0 Å². The fourth-order valence-electron chi connectivity index (χ4n) is 2.96. The molecule has 0 spiro atoms. The molecule has 18 heavy (non-hydrogen) atoms. The van der Waals surface area contributed by atoms with E-state index in [1.54, 1.807) is 0 Å². The van der Waals surface area contributed by atoms with E-state index in [2.05, 4.69) is 17.1 Å². The van der Waals surface area contributed by atoms with Crippen LogP contribution in [-0.4, -0.2) is 54.6 Å². The van der Waals surface area contributed by atoms with Crippen molar-refractivity contribution >= 4 is 6.03 Å². The molecule has 1 aliphatic heterocycles. The molecule has 104 valence electrons. The first-order chi connectivity index (χ1) is 8.79. The van der Waals surface area contributed by atoms with Crippen LogP contribution in [0.3, 0.4) is 0 Å². The Balaban J connectivity index is 1.74. The lowest BCUT2D eigenvalue weighted by molar-refractivity contribution is 0.140. The molecule has 1 aliphatic carbocycles. The molecule has 4 nitrogen and oxygen atoms in total. The van der Waals surface area contributed by atoms with Crippen molar-refractivity contribution in [2.24, 2.45) is 0 Å². The van der Waals surface area contributed by atoms with Crippen LogP contribution in [0.2, 0.25) is 0 Å². The standard InChI is InChI=1S/C14H27N3O/c1-2-16-9-11-17(12-10-16)14(18)15-13-7-5-3-4-6-8-13/h13H,2-12H2,1H3,(H,15,18). The van der Waals surface area contributed by atoms with E-state index in [-0.39, 0.29) is 6.03 Å². The Morgan fingerprint density at radius 3 is 2.22 bits per heavy atom. The average molecular weight is 253 g/mol. The minimum atomic E-state index is 0.164. The number of rotatable bonds is 2. The van der Waals surface area contributed by atoms with Crippen LogP contribution in [-0.2, 0) is 0 Å². The number of piperazine rings is 1. The quantitative estimate of drug-likeness (QED) is 0.765. The molecule has 2 aliphatic rings. The predicted molar refractivity (Wildman–Crippen MR) is 73.7 cm³/mol. The Morgan fingerprint density at radius 1 is 1.06 bits per heavy atom. The highest BCUT2D eigenvalue weighted by Gasteiger charge is 2.22. The summed E-state index contributed by atoms with van der Waals surface area (Å²) in [5.41, 5.74) is 0. The SMILES string of the molecule is CCN1CCN(C(=O)NC2CCCCCC2)CC1. The van der Waals surface area contributed by atoms with E-state index in [9.17, 15) is 4.79 Å². The number of carbonyl (C=O) groups is 1. The Labute approximate surface area is 111 Å². The topological polar surface area (TPSA) is 35.6 Å². The highest BCUT2D eigenvalue weighted by Crippen LogP contribution is 2.17. The second kappa shape index (κ2) is 6.98. The number of nitrogens with one attached hydrogen (secondary N) is 1. The minimum Gasteiger partial charge on any atom is -0.335 e. The zero-order valence-corrected chi connectivity index (χ0v) is 11.7. The van der Waals surface area contributed by atoms with Gasteiger partial charge in [0.1, 0.15) is 0 Å². The number of urea groups is 1. The summed E-state index contributed by atoms with van der Waals surface area (Å²) in [6.45, 7) is 7.08. The van der Waals surface area contributed by atoms with Crippen LogP contribution in [0.25, 0.3) is 0 Å². The molecule has 1 saturated carbocycles. The van der Waals surface area contributed by atoms with Gasteiger partial charge in [-0.2, -0.15) is 0 Å². The van der Waals surface area contributed by atoms with Crippen LogP contribution in [0.5, 0.6) is 0 Å². The monoisotopic (exact) mass is 253 g/mol. The zero-order chi connectivity index (χ0) is 12.8. The molecule has 0 atom stereocenters. The summed E-state index contributed by atoms with van der Waals surface area (Å²) in [6, 6.07) is 0.585. The van der Waals surface area contributed by atoms with Gasteiger partial charge in [0.25, 0.3) is 0 Å². The molecule has 2 rings (SSSR count). The van der Waals surface area contributed by atoms with E-state index < -0.39 is 0 Å². The van der Waals surface area contributed by atoms with Crippen molar-refractivity contribution < 1.29 is 4.79 Å². The summed E-state index contributed by atoms with van der Waals surface area (Å²) < 4.78 is 0. The fraction of sp³-hybridized carbons (Fsp3) is 0.929. The van der Waals surface area contributed by atoms with E-state index in [0.717, 1.165) is 32.7 Å². The third-order valence-electron chi connectivity index (χ3n) is 4.29. The van der Waals surface area contributed by atoms with E-state index in [1.165, 1.54) is 38.5 Å². The summed E-state index contributed by atoms with van der Waals surface area (Å²) in [5, 5.41) is 3.23. The van der Waals surface area contributed by atoms with Crippen molar-refractivity contribution in [3.05, 3.63) is 0 Å². The molecule has 0 radical (unpaired) electrons. The molecule has 1 N–H and O–H groups in total. The molecule has 0 bridgehead atoms. The third-order valence-corrected chi connectivity index (χ3v) is 4.29. The van der Waals surface area contributed by atoms with Gasteiger partial charge in [-0.05, 0) is 19.4 Å². The van der Waals surface area contributed by atoms with Crippen LogP contribution in [0.4, 0.5) is 4.79 Å². The number of hydrogen-bond acceptors (Lipinski definition) is 2. The first-order valence-corrected chi connectivity index (χ1v) is 7.57. The molecular weight excluding hydrogens is 226 g/mol. The number of carbonyl (C=O) groups excluding carboxylic acids is 1. The molecule has 2 amide bonds. The Bertz CT molecular complexity index is 254. The molecule has 4 heteroatoms. The van der Waals surface area contributed by atoms with Gasteiger partial charge < -0.3 is 15.1 Å².